The largest absolute Gasteiger partial charge is 0.383 e. The fourth-order valence-electron chi connectivity index (χ4n) is 3.07. The average Bonchev–Trinajstić information content (AvgIpc) is 2.86. The molecule has 4 nitrogen and oxygen atoms in total. The molecule has 1 aromatic rings. The number of nitrogens with zero attached hydrogens (tertiary/aromatic N) is 3. The van der Waals surface area contributed by atoms with Crippen molar-refractivity contribution in [2.75, 3.05) is 18.8 Å². The van der Waals surface area contributed by atoms with Crippen molar-refractivity contribution in [3.05, 3.63) is 11.2 Å². The first-order valence-corrected chi connectivity index (χ1v) is 6.36. The lowest BCUT2D eigenvalue weighted by atomic mass is 9.98. The van der Waals surface area contributed by atoms with E-state index >= 15 is 0 Å². The van der Waals surface area contributed by atoms with Crippen molar-refractivity contribution in [2.24, 2.45) is 0 Å². The minimum Gasteiger partial charge on any atom is -0.383 e. The van der Waals surface area contributed by atoms with Crippen LogP contribution in [0.5, 0.6) is 0 Å². The van der Waals surface area contributed by atoms with E-state index in [1.54, 1.807) is 6.20 Å². The Kier molecular flexibility index (Phi) is 2.56. The van der Waals surface area contributed by atoms with E-state index in [9.17, 15) is 0 Å². The molecule has 88 valence electrons. The zero-order chi connectivity index (χ0) is 11.1. The molecule has 2 aliphatic heterocycles. The molecule has 3 rings (SSSR count). The Bertz CT molecular complexity index is 389. The normalized spacial score (nSPS) is 30.6. The minimum absolute atomic E-state index is 0.437. The number of fused-ring (bicyclic) bond motifs is 1. The molecule has 0 amide bonds. The van der Waals surface area contributed by atoms with E-state index in [1.165, 1.54) is 32.4 Å². The van der Waals surface area contributed by atoms with Crippen molar-refractivity contribution in [3.63, 3.8) is 0 Å². The molecule has 2 aliphatic rings. The molecule has 0 spiro atoms. The van der Waals surface area contributed by atoms with Gasteiger partial charge in [0.15, 0.2) is 0 Å². The molecule has 1 aromatic heterocycles. The van der Waals surface area contributed by atoms with Crippen LogP contribution in [-0.2, 0) is 0 Å². The van der Waals surface area contributed by atoms with E-state index < -0.39 is 0 Å². The molecule has 16 heavy (non-hydrogen) atoms. The predicted octanol–water partition coefficient (Wildman–Crippen LogP) is 1.92. The maximum atomic E-state index is 5.94. The van der Waals surface area contributed by atoms with Gasteiger partial charge in [0.2, 0.25) is 0 Å². The van der Waals surface area contributed by atoms with Crippen LogP contribution in [0.1, 0.15) is 31.7 Å². The zero-order valence-corrected chi connectivity index (χ0v) is 10.0. The Balaban J connectivity index is 1.79. The number of rotatable bonds is 1. The van der Waals surface area contributed by atoms with Gasteiger partial charge in [-0.05, 0) is 32.2 Å². The van der Waals surface area contributed by atoms with Crippen molar-refractivity contribution >= 4 is 17.4 Å². The van der Waals surface area contributed by atoms with Gasteiger partial charge in [0.25, 0.3) is 0 Å². The summed E-state index contributed by atoms with van der Waals surface area (Å²) in [5.41, 5.74) is 5.93. The van der Waals surface area contributed by atoms with E-state index in [1.807, 2.05) is 4.68 Å². The highest BCUT2D eigenvalue weighted by Crippen LogP contribution is 2.34. The van der Waals surface area contributed by atoms with Gasteiger partial charge in [-0.2, -0.15) is 5.10 Å². The van der Waals surface area contributed by atoms with Gasteiger partial charge in [-0.25, -0.2) is 4.68 Å². The van der Waals surface area contributed by atoms with E-state index in [0.717, 1.165) is 12.5 Å². The van der Waals surface area contributed by atoms with Gasteiger partial charge in [-0.1, -0.05) is 11.6 Å². The summed E-state index contributed by atoms with van der Waals surface area (Å²) in [4.78, 5) is 2.60. The smallest absolute Gasteiger partial charge is 0.140 e. The summed E-state index contributed by atoms with van der Waals surface area (Å²) in [5, 5.41) is 4.87. The van der Waals surface area contributed by atoms with Crippen LogP contribution in [0.4, 0.5) is 5.82 Å². The summed E-state index contributed by atoms with van der Waals surface area (Å²) in [6, 6.07) is 1.17. The van der Waals surface area contributed by atoms with Crippen molar-refractivity contribution in [3.8, 4) is 0 Å². The third-order valence-corrected chi connectivity index (χ3v) is 4.22. The second-order valence-electron chi connectivity index (χ2n) is 4.83. The molecule has 0 saturated carbocycles. The molecule has 3 heterocycles. The lowest BCUT2D eigenvalue weighted by Gasteiger charge is -2.35. The van der Waals surface area contributed by atoms with Crippen LogP contribution in [0, 0.1) is 0 Å². The summed E-state index contributed by atoms with van der Waals surface area (Å²) in [5.74, 6) is 0.623. The number of hydrogen-bond donors (Lipinski definition) is 1. The fraction of sp³-hybridized carbons (Fsp3) is 0.727. The molecule has 2 N–H and O–H groups in total. The summed E-state index contributed by atoms with van der Waals surface area (Å²) in [7, 11) is 0. The van der Waals surface area contributed by atoms with Gasteiger partial charge >= 0.3 is 0 Å². The van der Waals surface area contributed by atoms with Gasteiger partial charge in [0, 0.05) is 12.6 Å². The van der Waals surface area contributed by atoms with Crippen LogP contribution in [0.3, 0.4) is 0 Å². The molecule has 2 saturated heterocycles. The van der Waals surface area contributed by atoms with Crippen LogP contribution in [-0.4, -0.2) is 33.8 Å². The molecule has 2 atom stereocenters. The van der Waals surface area contributed by atoms with Gasteiger partial charge in [-0.3, -0.25) is 0 Å². The average molecular weight is 241 g/mol. The maximum absolute atomic E-state index is 5.94. The molecule has 2 fully saturated rings. The molecule has 0 bridgehead atoms. The number of halogens is 1. The van der Waals surface area contributed by atoms with E-state index in [0.29, 0.717) is 16.9 Å². The molecular formula is C11H17ClN4. The third kappa shape index (κ3) is 1.60. The SMILES string of the molecule is Nc1c(Cl)cnn1C1CCN2CCCC2C1. The highest BCUT2D eigenvalue weighted by molar-refractivity contribution is 6.32. The number of aromatic nitrogens is 2. The molecule has 0 aliphatic carbocycles. The third-order valence-electron chi connectivity index (χ3n) is 3.93. The van der Waals surface area contributed by atoms with Crippen LogP contribution in [0.15, 0.2) is 6.20 Å². The Morgan fingerprint density at radius 3 is 2.94 bits per heavy atom. The van der Waals surface area contributed by atoms with Crippen LogP contribution in [0.25, 0.3) is 0 Å². The topological polar surface area (TPSA) is 47.1 Å². The number of anilines is 1. The fourth-order valence-corrected chi connectivity index (χ4v) is 3.20. The van der Waals surface area contributed by atoms with E-state index in [4.69, 9.17) is 17.3 Å². The van der Waals surface area contributed by atoms with Gasteiger partial charge in [-0.15, -0.1) is 0 Å². The Morgan fingerprint density at radius 2 is 2.19 bits per heavy atom. The first kappa shape index (κ1) is 10.4. The van der Waals surface area contributed by atoms with Gasteiger partial charge in [0.05, 0.1) is 12.2 Å². The van der Waals surface area contributed by atoms with E-state index in [-0.39, 0.29) is 0 Å². The predicted molar refractivity (Wildman–Crippen MR) is 64.5 cm³/mol. The second-order valence-corrected chi connectivity index (χ2v) is 5.24. The van der Waals surface area contributed by atoms with Crippen molar-refractivity contribution < 1.29 is 0 Å². The monoisotopic (exact) mass is 240 g/mol. The van der Waals surface area contributed by atoms with Crippen molar-refractivity contribution in [1.29, 1.82) is 0 Å². The maximum Gasteiger partial charge on any atom is 0.140 e. The molecule has 0 aromatic carbocycles. The van der Waals surface area contributed by atoms with Crippen molar-refractivity contribution in [2.45, 2.75) is 37.8 Å². The zero-order valence-electron chi connectivity index (χ0n) is 9.27. The summed E-state index contributed by atoms with van der Waals surface area (Å²) >= 11 is 5.94. The molecule has 0 radical (unpaired) electrons. The number of piperidine rings is 1. The minimum atomic E-state index is 0.437. The standard InChI is InChI=1S/C11H17ClN4/c12-10-7-14-16(11(10)13)9-3-5-15-4-1-2-8(15)6-9/h7-9H,1-6,13H2. The molecular weight excluding hydrogens is 224 g/mol. The molecule has 2 unspecified atom stereocenters. The second kappa shape index (κ2) is 3.93. The highest BCUT2D eigenvalue weighted by atomic mass is 35.5. The highest BCUT2D eigenvalue weighted by Gasteiger charge is 2.33. The van der Waals surface area contributed by atoms with Gasteiger partial charge in [0.1, 0.15) is 10.8 Å². The summed E-state index contributed by atoms with van der Waals surface area (Å²) in [6.07, 6.45) is 6.62. The molecule has 5 heteroatoms. The van der Waals surface area contributed by atoms with E-state index in [2.05, 4.69) is 10.00 Å². The lowest BCUT2D eigenvalue weighted by Crippen LogP contribution is -2.39. The van der Waals surface area contributed by atoms with Crippen molar-refractivity contribution in [1.82, 2.24) is 14.7 Å². The Morgan fingerprint density at radius 1 is 1.31 bits per heavy atom. The summed E-state index contributed by atoms with van der Waals surface area (Å²) < 4.78 is 1.91. The Hall–Kier alpha value is -0.740. The van der Waals surface area contributed by atoms with Crippen LogP contribution >= 0.6 is 11.6 Å². The number of nitrogens with two attached hydrogens (primary N) is 1. The lowest BCUT2D eigenvalue weighted by molar-refractivity contribution is 0.150. The van der Waals surface area contributed by atoms with Crippen LogP contribution < -0.4 is 5.73 Å². The van der Waals surface area contributed by atoms with Crippen LogP contribution in [0.2, 0.25) is 5.02 Å². The number of nitrogen functional groups attached to an aromatic ring is 1. The Labute approximate surface area is 100 Å². The quantitative estimate of drug-likeness (QED) is 0.816. The number of hydrogen-bond acceptors (Lipinski definition) is 3. The summed E-state index contributed by atoms with van der Waals surface area (Å²) in [6.45, 7) is 2.44. The first-order chi connectivity index (χ1) is 7.75. The first-order valence-electron chi connectivity index (χ1n) is 5.98. The van der Waals surface area contributed by atoms with Gasteiger partial charge < -0.3 is 10.6 Å².